The standard InChI is InChI=1S/C12H20O/c1-4-6-7-8-9-10-11-12(3)13-5-2/h3-6,9-11H2,1-2H3. The minimum atomic E-state index is 0.723. The highest BCUT2D eigenvalue weighted by Gasteiger charge is 1.91. The van der Waals surface area contributed by atoms with E-state index in [1.54, 1.807) is 0 Å². The highest BCUT2D eigenvalue weighted by atomic mass is 16.5. The minimum absolute atomic E-state index is 0.723. The molecule has 0 fully saturated rings. The molecular formula is C12H20O. The number of allylic oxidation sites excluding steroid dienone is 1. The van der Waals surface area contributed by atoms with E-state index in [1.165, 1.54) is 0 Å². The third-order valence-corrected chi connectivity index (χ3v) is 1.61. The zero-order valence-corrected chi connectivity index (χ0v) is 8.86. The van der Waals surface area contributed by atoms with Gasteiger partial charge in [0.25, 0.3) is 0 Å². The topological polar surface area (TPSA) is 9.23 Å². The van der Waals surface area contributed by atoms with Gasteiger partial charge in [0.15, 0.2) is 0 Å². The molecule has 0 atom stereocenters. The molecule has 0 radical (unpaired) electrons. The van der Waals surface area contributed by atoms with Crippen molar-refractivity contribution in [2.75, 3.05) is 6.61 Å². The van der Waals surface area contributed by atoms with Crippen LogP contribution >= 0.6 is 0 Å². The molecule has 1 heteroatoms. The molecule has 0 saturated carbocycles. The lowest BCUT2D eigenvalue weighted by atomic mass is 10.2. The summed E-state index contributed by atoms with van der Waals surface area (Å²) in [5, 5.41) is 0. The fraction of sp³-hybridized carbons (Fsp3) is 0.667. The third-order valence-electron chi connectivity index (χ3n) is 1.61. The van der Waals surface area contributed by atoms with Gasteiger partial charge in [0, 0.05) is 19.3 Å². The van der Waals surface area contributed by atoms with Gasteiger partial charge in [-0.05, 0) is 19.8 Å². The largest absolute Gasteiger partial charge is 0.499 e. The first-order valence-corrected chi connectivity index (χ1v) is 5.07. The molecule has 0 aliphatic carbocycles. The zero-order chi connectivity index (χ0) is 9.94. The first-order valence-electron chi connectivity index (χ1n) is 5.07. The fourth-order valence-corrected chi connectivity index (χ4v) is 0.952. The van der Waals surface area contributed by atoms with Gasteiger partial charge in [0.2, 0.25) is 0 Å². The Morgan fingerprint density at radius 2 is 1.92 bits per heavy atom. The zero-order valence-electron chi connectivity index (χ0n) is 8.86. The summed E-state index contributed by atoms with van der Waals surface area (Å²) in [6, 6.07) is 0. The van der Waals surface area contributed by atoms with Crippen molar-refractivity contribution < 1.29 is 4.74 Å². The highest BCUT2D eigenvalue weighted by Crippen LogP contribution is 2.05. The molecule has 0 amide bonds. The van der Waals surface area contributed by atoms with Crippen LogP contribution in [0.2, 0.25) is 0 Å². The van der Waals surface area contributed by atoms with E-state index in [9.17, 15) is 0 Å². The molecule has 0 rings (SSSR count). The van der Waals surface area contributed by atoms with Crippen LogP contribution in [-0.2, 0) is 4.74 Å². The molecule has 0 saturated heterocycles. The molecule has 0 aromatic heterocycles. The van der Waals surface area contributed by atoms with E-state index in [1.807, 2.05) is 6.92 Å². The van der Waals surface area contributed by atoms with Crippen molar-refractivity contribution in [3.8, 4) is 11.8 Å². The second-order valence-corrected chi connectivity index (χ2v) is 2.93. The van der Waals surface area contributed by atoms with Crippen molar-refractivity contribution in [2.24, 2.45) is 0 Å². The van der Waals surface area contributed by atoms with Crippen LogP contribution in [0.15, 0.2) is 12.3 Å². The Morgan fingerprint density at radius 3 is 2.54 bits per heavy atom. The first kappa shape index (κ1) is 12.1. The van der Waals surface area contributed by atoms with Gasteiger partial charge in [0.05, 0.1) is 12.4 Å². The maximum atomic E-state index is 5.23. The van der Waals surface area contributed by atoms with Crippen LogP contribution in [0.25, 0.3) is 0 Å². The monoisotopic (exact) mass is 180 g/mol. The molecule has 0 bridgehead atoms. The summed E-state index contributed by atoms with van der Waals surface area (Å²) in [7, 11) is 0. The molecule has 0 N–H and O–H groups in total. The first-order chi connectivity index (χ1) is 6.31. The summed E-state index contributed by atoms with van der Waals surface area (Å²) in [5.41, 5.74) is 0. The Hall–Kier alpha value is -0.900. The summed E-state index contributed by atoms with van der Waals surface area (Å²) < 4.78 is 5.23. The molecule has 0 heterocycles. The molecule has 13 heavy (non-hydrogen) atoms. The van der Waals surface area contributed by atoms with E-state index >= 15 is 0 Å². The van der Waals surface area contributed by atoms with Gasteiger partial charge in [-0.15, -0.1) is 11.8 Å². The Bertz CT molecular complexity index is 183. The number of hydrogen-bond acceptors (Lipinski definition) is 1. The predicted octanol–water partition coefficient (Wildman–Crippen LogP) is 3.51. The lowest BCUT2D eigenvalue weighted by molar-refractivity contribution is 0.219. The average Bonchev–Trinajstić information content (AvgIpc) is 2.11. The van der Waals surface area contributed by atoms with Crippen LogP contribution < -0.4 is 0 Å². The molecule has 0 aromatic carbocycles. The average molecular weight is 180 g/mol. The molecular weight excluding hydrogens is 160 g/mol. The van der Waals surface area contributed by atoms with Crippen LogP contribution in [0.3, 0.4) is 0 Å². The van der Waals surface area contributed by atoms with Crippen LogP contribution in [0.4, 0.5) is 0 Å². The fourth-order valence-electron chi connectivity index (χ4n) is 0.952. The van der Waals surface area contributed by atoms with Gasteiger partial charge in [-0.25, -0.2) is 0 Å². The normalized spacial score (nSPS) is 8.77. The number of ether oxygens (including phenoxy) is 1. The molecule has 0 aliphatic heterocycles. The second-order valence-electron chi connectivity index (χ2n) is 2.93. The molecule has 0 aliphatic rings. The summed E-state index contributed by atoms with van der Waals surface area (Å²) in [5.74, 6) is 7.15. The van der Waals surface area contributed by atoms with E-state index in [-0.39, 0.29) is 0 Å². The second kappa shape index (κ2) is 9.19. The maximum Gasteiger partial charge on any atom is 0.0888 e. The van der Waals surface area contributed by atoms with Gasteiger partial charge in [-0.3, -0.25) is 0 Å². The van der Waals surface area contributed by atoms with Crippen molar-refractivity contribution in [1.29, 1.82) is 0 Å². The van der Waals surface area contributed by atoms with Crippen molar-refractivity contribution in [3.05, 3.63) is 12.3 Å². The molecule has 0 spiro atoms. The summed E-state index contributed by atoms with van der Waals surface area (Å²) >= 11 is 0. The van der Waals surface area contributed by atoms with Crippen molar-refractivity contribution in [1.82, 2.24) is 0 Å². The summed E-state index contributed by atoms with van der Waals surface area (Å²) in [6.07, 6.45) is 5.14. The third kappa shape index (κ3) is 9.01. The van der Waals surface area contributed by atoms with Gasteiger partial charge in [-0.2, -0.15) is 0 Å². The van der Waals surface area contributed by atoms with Gasteiger partial charge in [0.1, 0.15) is 0 Å². The van der Waals surface area contributed by atoms with Crippen molar-refractivity contribution >= 4 is 0 Å². The number of hydrogen-bond donors (Lipinski definition) is 0. The van der Waals surface area contributed by atoms with E-state index in [0.29, 0.717) is 0 Å². The van der Waals surface area contributed by atoms with Crippen LogP contribution in [0.5, 0.6) is 0 Å². The van der Waals surface area contributed by atoms with Gasteiger partial charge in [-0.1, -0.05) is 13.5 Å². The van der Waals surface area contributed by atoms with Crippen LogP contribution in [0, 0.1) is 11.8 Å². The highest BCUT2D eigenvalue weighted by molar-refractivity contribution is 4.99. The van der Waals surface area contributed by atoms with E-state index in [0.717, 1.165) is 44.5 Å². The molecule has 0 aromatic rings. The predicted molar refractivity (Wildman–Crippen MR) is 57.3 cm³/mol. The Morgan fingerprint density at radius 1 is 1.23 bits per heavy atom. The Balaban J connectivity index is 3.26. The van der Waals surface area contributed by atoms with Gasteiger partial charge >= 0.3 is 0 Å². The SMILES string of the molecule is C=C(CCCC#CCCC)OCC. The number of unbranched alkanes of at least 4 members (excludes halogenated alkanes) is 2. The smallest absolute Gasteiger partial charge is 0.0888 e. The van der Waals surface area contributed by atoms with Crippen molar-refractivity contribution in [3.63, 3.8) is 0 Å². The molecule has 0 unspecified atom stereocenters. The molecule has 1 nitrogen and oxygen atoms in total. The summed E-state index contributed by atoms with van der Waals surface area (Å²) in [4.78, 5) is 0. The minimum Gasteiger partial charge on any atom is -0.499 e. The number of rotatable bonds is 6. The van der Waals surface area contributed by atoms with Crippen LogP contribution in [0.1, 0.15) is 46.0 Å². The van der Waals surface area contributed by atoms with Gasteiger partial charge < -0.3 is 4.74 Å². The van der Waals surface area contributed by atoms with E-state index in [4.69, 9.17) is 4.74 Å². The lowest BCUT2D eigenvalue weighted by Crippen LogP contribution is -1.89. The maximum absolute atomic E-state index is 5.23. The van der Waals surface area contributed by atoms with Crippen molar-refractivity contribution in [2.45, 2.75) is 46.0 Å². The Kier molecular flexibility index (Phi) is 8.55. The quantitative estimate of drug-likeness (QED) is 0.345. The Labute approximate surface area is 82.2 Å². The van der Waals surface area contributed by atoms with Crippen LogP contribution in [-0.4, -0.2) is 6.61 Å². The molecule has 74 valence electrons. The van der Waals surface area contributed by atoms with E-state index < -0.39 is 0 Å². The van der Waals surface area contributed by atoms with E-state index in [2.05, 4.69) is 25.3 Å². The lowest BCUT2D eigenvalue weighted by Gasteiger charge is -2.03. The summed E-state index contributed by atoms with van der Waals surface area (Å²) in [6.45, 7) is 8.65.